The number of carboxylic acids is 1. The van der Waals surface area contributed by atoms with Crippen LogP contribution in [0.1, 0.15) is 80.1 Å². The van der Waals surface area contributed by atoms with Crippen LogP contribution in [0.4, 0.5) is 13.2 Å². The fraction of sp³-hybridized carbons (Fsp3) is 0.542. The molecule has 194 valence electrons. The lowest BCUT2D eigenvalue weighted by atomic mass is 9.85. The van der Waals surface area contributed by atoms with E-state index in [-0.39, 0.29) is 22.3 Å². The average Bonchev–Trinajstić information content (AvgIpc) is 2.95. The number of halogens is 4. The van der Waals surface area contributed by atoms with Gasteiger partial charge in [-0.15, -0.1) is 0 Å². The van der Waals surface area contributed by atoms with Crippen LogP contribution < -0.4 is 4.72 Å². The van der Waals surface area contributed by atoms with Crippen molar-refractivity contribution in [3.8, 4) is 5.69 Å². The van der Waals surface area contributed by atoms with Crippen LogP contribution in [0, 0.1) is 12.8 Å². The highest BCUT2D eigenvalue weighted by molar-refractivity contribution is 7.89. The molecule has 1 fully saturated rings. The third-order valence-electron chi connectivity index (χ3n) is 6.16. The summed E-state index contributed by atoms with van der Waals surface area (Å²) in [5.41, 5.74) is -1.64. The molecule has 35 heavy (non-hydrogen) atoms. The summed E-state index contributed by atoms with van der Waals surface area (Å²) >= 11 is 6.44. The molecule has 0 amide bonds. The topological polar surface area (TPSA) is 88.4 Å². The van der Waals surface area contributed by atoms with Gasteiger partial charge in [0.25, 0.3) is 0 Å². The largest absolute Gasteiger partial charge is 0.478 e. The number of benzene rings is 1. The Morgan fingerprint density at radius 2 is 1.77 bits per heavy atom. The Morgan fingerprint density at radius 1 is 1.17 bits per heavy atom. The summed E-state index contributed by atoms with van der Waals surface area (Å²) in [5.74, 6) is -1.02. The van der Waals surface area contributed by atoms with Crippen LogP contribution in [0.15, 0.2) is 23.1 Å². The average molecular weight is 535 g/mol. The fourth-order valence-electron chi connectivity index (χ4n) is 4.69. The Bertz CT molecular complexity index is 1220. The summed E-state index contributed by atoms with van der Waals surface area (Å²) in [7, 11) is -4.50. The number of nitrogens with zero attached hydrogens (tertiary/aromatic N) is 1. The normalized spacial score (nSPS) is 16.0. The van der Waals surface area contributed by atoms with Gasteiger partial charge in [-0.3, -0.25) is 0 Å². The predicted octanol–water partition coefficient (Wildman–Crippen LogP) is 6.36. The zero-order valence-corrected chi connectivity index (χ0v) is 21.7. The van der Waals surface area contributed by atoms with Crippen molar-refractivity contribution in [3.63, 3.8) is 0 Å². The van der Waals surface area contributed by atoms with Crippen LogP contribution in [0.3, 0.4) is 0 Å². The number of hydrogen-bond donors (Lipinski definition) is 2. The van der Waals surface area contributed by atoms with E-state index in [2.05, 4.69) is 4.72 Å². The Balaban J connectivity index is 2.22. The number of rotatable bonds is 6. The highest BCUT2D eigenvalue weighted by Gasteiger charge is 2.39. The van der Waals surface area contributed by atoms with Crippen LogP contribution in [0.5, 0.6) is 0 Å². The van der Waals surface area contributed by atoms with Gasteiger partial charge in [-0.25, -0.2) is 17.9 Å². The Kier molecular flexibility index (Phi) is 7.70. The molecule has 0 unspecified atom stereocenters. The number of alkyl halides is 3. The maximum atomic E-state index is 14.1. The highest BCUT2D eigenvalue weighted by Crippen LogP contribution is 2.39. The van der Waals surface area contributed by atoms with Gasteiger partial charge in [0, 0.05) is 16.9 Å². The van der Waals surface area contributed by atoms with Gasteiger partial charge in [0.1, 0.15) is 5.15 Å². The molecule has 0 atom stereocenters. The molecule has 0 aliphatic heterocycles. The van der Waals surface area contributed by atoms with E-state index in [1.54, 1.807) is 6.92 Å². The summed E-state index contributed by atoms with van der Waals surface area (Å²) in [4.78, 5) is 11.0. The third kappa shape index (κ3) is 6.03. The third-order valence-corrected chi connectivity index (χ3v) is 8.33. The molecule has 0 saturated heterocycles. The van der Waals surface area contributed by atoms with E-state index in [4.69, 9.17) is 11.6 Å². The zero-order chi connectivity index (χ0) is 26.3. The van der Waals surface area contributed by atoms with E-state index in [1.807, 2.05) is 0 Å². The van der Waals surface area contributed by atoms with E-state index < -0.39 is 38.2 Å². The second-order valence-electron chi connectivity index (χ2n) is 10.1. The van der Waals surface area contributed by atoms with Crippen LogP contribution in [0.2, 0.25) is 5.15 Å². The minimum atomic E-state index is -4.98. The molecule has 2 aromatic rings. The summed E-state index contributed by atoms with van der Waals surface area (Å²) in [6.45, 7) is 6.18. The molecule has 0 bridgehead atoms. The summed E-state index contributed by atoms with van der Waals surface area (Å²) < 4.78 is 71.3. The molecule has 1 aliphatic rings. The van der Waals surface area contributed by atoms with Crippen molar-refractivity contribution in [3.05, 3.63) is 45.7 Å². The molecular formula is C24H30ClF3N2O4S. The van der Waals surface area contributed by atoms with Gasteiger partial charge in [0.05, 0.1) is 16.0 Å². The second kappa shape index (κ2) is 9.78. The molecule has 11 heteroatoms. The van der Waals surface area contributed by atoms with Gasteiger partial charge in [-0.05, 0) is 63.8 Å². The maximum absolute atomic E-state index is 14.1. The SMILES string of the molecule is Cc1c(C(=O)O)c(Cl)n(-c2ccc(S(=O)(=O)NC(C)(C)C)c(C(F)(F)F)c2)c1CC1CCCCC1. The first kappa shape index (κ1) is 27.5. The lowest BCUT2D eigenvalue weighted by Crippen LogP contribution is -2.41. The highest BCUT2D eigenvalue weighted by atomic mass is 35.5. The smallest absolute Gasteiger partial charge is 0.417 e. The maximum Gasteiger partial charge on any atom is 0.417 e. The second-order valence-corrected chi connectivity index (χ2v) is 12.1. The molecule has 1 aromatic heterocycles. The Morgan fingerprint density at radius 3 is 2.29 bits per heavy atom. The van der Waals surface area contributed by atoms with E-state index in [1.165, 1.54) is 31.4 Å². The number of nitrogens with one attached hydrogen (secondary N) is 1. The molecule has 1 aromatic carbocycles. The first-order valence-electron chi connectivity index (χ1n) is 11.4. The van der Waals surface area contributed by atoms with Gasteiger partial charge in [-0.1, -0.05) is 43.7 Å². The monoisotopic (exact) mass is 534 g/mol. The lowest BCUT2D eigenvalue weighted by molar-refractivity contribution is -0.139. The van der Waals surface area contributed by atoms with Gasteiger partial charge in [-0.2, -0.15) is 13.2 Å². The van der Waals surface area contributed by atoms with Crippen molar-refractivity contribution >= 4 is 27.6 Å². The van der Waals surface area contributed by atoms with E-state index in [0.717, 1.165) is 44.2 Å². The number of aromatic nitrogens is 1. The standard InChI is InChI=1S/C24H30ClF3N2O4S/c1-14-18(12-15-8-6-5-7-9-15)30(21(25)20(14)22(31)32)16-10-11-19(17(13-16)24(26,27)28)35(33,34)29-23(2,3)4/h10-11,13,15,29H,5-9,12H2,1-4H3,(H,31,32). The predicted molar refractivity (Wildman–Crippen MR) is 128 cm³/mol. The minimum Gasteiger partial charge on any atom is -0.478 e. The molecule has 0 spiro atoms. The summed E-state index contributed by atoms with van der Waals surface area (Å²) in [6.07, 6.45) is 0.552. The molecule has 1 saturated carbocycles. The van der Waals surface area contributed by atoms with Gasteiger partial charge < -0.3 is 9.67 Å². The number of carboxylic acid groups (broad SMARTS) is 1. The minimum absolute atomic E-state index is 0.0431. The number of hydrogen-bond acceptors (Lipinski definition) is 3. The van der Waals surface area contributed by atoms with Crippen molar-refractivity contribution < 1.29 is 31.5 Å². The molecule has 1 aliphatic carbocycles. The van der Waals surface area contributed by atoms with Crippen LogP contribution in [-0.4, -0.2) is 29.6 Å². The van der Waals surface area contributed by atoms with Crippen molar-refractivity contribution in [1.82, 2.24) is 9.29 Å². The first-order chi connectivity index (χ1) is 16.0. The molecule has 6 nitrogen and oxygen atoms in total. The molecule has 3 rings (SSSR count). The number of sulfonamides is 1. The molecular weight excluding hydrogens is 505 g/mol. The summed E-state index contributed by atoms with van der Waals surface area (Å²) in [5, 5.41) is 9.50. The quantitative estimate of drug-likeness (QED) is 0.451. The van der Waals surface area contributed by atoms with Gasteiger partial charge in [0.2, 0.25) is 10.0 Å². The van der Waals surface area contributed by atoms with Crippen LogP contribution in [-0.2, 0) is 22.6 Å². The number of aromatic carboxylic acids is 1. The van der Waals surface area contributed by atoms with Crippen molar-refractivity contribution in [1.29, 1.82) is 0 Å². The van der Waals surface area contributed by atoms with Gasteiger partial charge in [0.15, 0.2) is 0 Å². The molecule has 0 radical (unpaired) electrons. The van der Waals surface area contributed by atoms with Crippen LogP contribution >= 0.6 is 11.6 Å². The molecule has 2 N–H and O–H groups in total. The fourth-order valence-corrected chi connectivity index (χ4v) is 6.74. The first-order valence-corrected chi connectivity index (χ1v) is 13.3. The number of carbonyl (C=O) groups is 1. The van der Waals surface area contributed by atoms with Crippen molar-refractivity contribution in [2.75, 3.05) is 0 Å². The van der Waals surface area contributed by atoms with Crippen molar-refractivity contribution in [2.24, 2.45) is 5.92 Å². The Hall–Kier alpha value is -2.04. The summed E-state index contributed by atoms with van der Waals surface area (Å²) in [6, 6.07) is 2.84. The van der Waals surface area contributed by atoms with E-state index >= 15 is 0 Å². The zero-order valence-electron chi connectivity index (χ0n) is 20.1. The Labute approximate surface area is 208 Å². The molecule has 1 heterocycles. The van der Waals surface area contributed by atoms with Gasteiger partial charge >= 0.3 is 12.1 Å². The van der Waals surface area contributed by atoms with E-state index in [9.17, 15) is 31.5 Å². The van der Waals surface area contributed by atoms with Crippen molar-refractivity contribution in [2.45, 2.75) is 82.8 Å². The van der Waals surface area contributed by atoms with E-state index in [0.29, 0.717) is 17.7 Å². The van der Waals surface area contributed by atoms with Crippen LogP contribution in [0.25, 0.3) is 5.69 Å². The lowest BCUT2D eigenvalue weighted by Gasteiger charge is -2.24.